The average molecular weight is 166 g/mol. The lowest BCUT2D eigenvalue weighted by Gasteiger charge is -2.22. The Hall–Kier alpha value is -0.520. The van der Waals surface area contributed by atoms with E-state index in [1.54, 1.807) is 0 Å². The van der Waals surface area contributed by atoms with Gasteiger partial charge in [0.25, 0.3) is 0 Å². The summed E-state index contributed by atoms with van der Waals surface area (Å²) < 4.78 is 0. The molecule has 0 rings (SSSR count). The summed E-state index contributed by atoms with van der Waals surface area (Å²) in [5, 5.41) is 0. The van der Waals surface area contributed by atoms with Gasteiger partial charge in [-0.25, -0.2) is 0 Å². The van der Waals surface area contributed by atoms with Gasteiger partial charge in [0.15, 0.2) is 0 Å². The summed E-state index contributed by atoms with van der Waals surface area (Å²) in [5.41, 5.74) is 2.63. The van der Waals surface area contributed by atoms with Crippen LogP contribution in [0.4, 0.5) is 0 Å². The van der Waals surface area contributed by atoms with Crippen LogP contribution in [0.25, 0.3) is 0 Å². The van der Waals surface area contributed by atoms with Gasteiger partial charge in [0.05, 0.1) is 0 Å². The summed E-state index contributed by atoms with van der Waals surface area (Å²) in [4.78, 5) is 0. The summed E-state index contributed by atoms with van der Waals surface area (Å²) >= 11 is 0. The number of rotatable bonds is 5. The molecule has 0 amide bonds. The highest BCUT2D eigenvalue weighted by molar-refractivity contribution is 5.08. The second kappa shape index (κ2) is 5.18. The number of hydrogen-bond acceptors (Lipinski definition) is 0. The zero-order valence-electron chi connectivity index (χ0n) is 8.98. The maximum Gasteiger partial charge on any atom is -0.0172 e. The van der Waals surface area contributed by atoms with E-state index >= 15 is 0 Å². The lowest BCUT2D eigenvalue weighted by Crippen LogP contribution is -2.10. The van der Waals surface area contributed by atoms with Gasteiger partial charge in [-0.1, -0.05) is 51.5 Å². The molecule has 0 aromatic carbocycles. The van der Waals surface area contributed by atoms with Crippen LogP contribution in [0, 0.1) is 11.8 Å². The Morgan fingerprint density at radius 3 is 2.00 bits per heavy atom. The summed E-state index contributed by atoms with van der Waals surface area (Å²) in [7, 11) is 0. The van der Waals surface area contributed by atoms with E-state index in [1.807, 2.05) is 0 Å². The van der Waals surface area contributed by atoms with Gasteiger partial charge in [-0.05, 0) is 25.2 Å². The molecule has 0 aromatic heterocycles. The van der Waals surface area contributed by atoms with Gasteiger partial charge >= 0.3 is 0 Å². The topological polar surface area (TPSA) is 0 Å². The van der Waals surface area contributed by atoms with Crippen molar-refractivity contribution in [2.75, 3.05) is 0 Å². The molecule has 0 heteroatoms. The van der Waals surface area contributed by atoms with E-state index in [0.717, 1.165) is 6.42 Å². The average Bonchev–Trinajstić information content (AvgIpc) is 2.02. The van der Waals surface area contributed by atoms with Crippen molar-refractivity contribution in [1.82, 2.24) is 0 Å². The molecule has 0 aromatic rings. The van der Waals surface area contributed by atoms with Crippen LogP contribution in [0.3, 0.4) is 0 Å². The van der Waals surface area contributed by atoms with Crippen molar-refractivity contribution in [3.63, 3.8) is 0 Å². The van der Waals surface area contributed by atoms with E-state index in [2.05, 4.69) is 40.9 Å². The lowest BCUT2D eigenvalue weighted by atomic mass is 9.84. The van der Waals surface area contributed by atoms with E-state index in [-0.39, 0.29) is 0 Å². The van der Waals surface area contributed by atoms with Crippen molar-refractivity contribution in [3.05, 3.63) is 24.3 Å². The first-order valence-electron chi connectivity index (χ1n) is 4.83. The third-order valence-electron chi connectivity index (χ3n) is 2.74. The second-order valence-electron chi connectivity index (χ2n) is 3.83. The van der Waals surface area contributed by atoms with Crippen LogP contribution < -0.4 is 0 Å². The van der Waals surface area contributed by atoms with E-state index in [9.17, 15) is 0 Å². The fourth-order valence-corrected chi connectivity index (χ4v) is 1.33. The molecule has 12 heavy (non-hydrogen) atoms. The van der Waals surface area contributed by atoms with Crippen molar-refractivity contribution < 1.29 is 0 Å². The summed E-state index contributed by atoms with van der Waals surface area (Å²) in [6, 6.07) is 0. The van der Waals surface area contributed by atoms with Crippen LogP contribution in [-0.2, 0) is 0 Å². The molecular weight excluding hydrogens is 144 g/mol. The van der Waals surface area contributed by atoms with E-state index < -0.39 is 0 Å². The molecule has 70 valence electrons. The van der Waals surface area contributed by atoms with Crippen LogP contribution in [0.5, 0.6) is 0 Å². The Morgan fingerprint density at radius 2 is 1.67 bits per heavy atom. The molecule has 2 unspecified atom stereocenters. The summed E-state index contributed by atoms with van der Waals surface area (Å²) in [6.07, 6.45) is 2.35. The van der Waals surface area contributed by atoms with Gasteiger partial charge in [0.1, 0.15) is 0 Å². The predicted octanol–water partition coefficient (Wildman–Crippen LogP) is 4.19. The van der Waals surface area contributed by atoms with Crippen LogP contribution in [0.15, 0.2) is 24.3 Å². The first-order valence-corrected chi connectivity index (χ1v) is 4.83. The first kappa shape index (κ1) is 11.5. The monoisotopic (exact) mass is 166 g/mol. The van der Waals surface area contributed by atoms with Gasteiger partial charge in [-0.15, -0.1) is 0 Å². The second-order valence-corrected chi connectivity index (χ2v) is 3.83. The molecule has 0 radical (unpaired) electrons. The molecule has 0 heterocycles. The Morgan fingerprint density at radius 1 is 1.17 bits per heavy atom. The molecule has 2 atom stereocenters. The third-order valence-corrected chi connectivity index (χ3v) is 2.74. The van der Waals surface area contributed by atoms with Crippen LogP contribution in [0.2, 0.25) is 0 Å². The number of hydrogen-bond donors (Lipinski definition) is 0. The molecule has 0 N–H and O–H groups in total. The minimum absolute atomic E-state index is 0.573. The van der Waals surface area contributed by atoms with Crippen LogP contribution in [0.1, 0.15) is 40.5 Å². The quantitative estimate of drug-likeness (QED) is 0.537. The SMILES string of the molecule is C=C(C)C(C)C(C)C(=C)CCC. The fraction of sp³-hybridized carbons (Fsp3) is 0.667. The molecule has 0 spiro atoms. The van der Waals surface area contributed by atoms with Gasteiger partial charge < -0.3 is 0 Å². The molecule has 0 aliphatic carbocycles. The van der Waals surface area contributed by atoms with Gasteiger partial charge in [-0.2, -0.15) is 0 Å². The van der Waals surface area contributed by atoms with Crippen LogP contribution in [-0.4, -0.2) is 0 Å². The van der Waals surface area contributed by atoms with Crippen molar-refractivity contribution in [3.8, 4) is 0 Å². The molecule has 0 nitrogen and oxygen atoms in total. The Balaban J connectivity index is 4.09. The largest absolute Gasteiger partial charge is 0.0998 e. The molecule has 0 aliphatic rings. The maximum atomic E-state index is 4.11. The molecule has 0 fully saturated rings. The summed E-state index contributed by atoms with van der Waals surface area (Å²) in [5.74, 6) is 1.16. The highest BCUT2D eigenvalue weighted by atomic mass is 14.2. The summed E-state index contributed by atoms with van der Waals surface area (Å²) in [6.45, 7) is 16.9. The van der Waals surface area contributed by atoms with Crippen molar-refractivity contribution in [1.29, 1.82) is 0 Å². The third kappa shape index (κ3) is 3.25. The van der Waals surface area contributed by atoms with E-state index in [0.29, 0.717) is 11.8 Å². The smallest absolute Gasteiger partial charge is 0.0172 e. The minimum Gasteiger partial charge on any atom is -0.0998 e. The maximum absolute atomic E-state index is 4.11. The molecule has 0 aliphatic heterocycles. The van der Waals surface area contributed by atoms with Crippen molar-refractivity contribution >= 4 is 0 Å². The molecule has 0 saturated heterocycles. The predicted molar refractivity (Wildman–Crippen MR) is 57.2 cm³/mol. The highest BCUT2D eigenvalue weighted by Gasteiger charge is 2.14. The standard InChI is InChI=1S/C12H22/c1-7-8-10(4)12(6)11(5)9(2)3/h11-12H,2,4,7-8H2,1,3,5-6H3. The Labute approximate surface area is 77.4 Å². The van der Waals surface area contributed by atoms with E-state index in [1.165, 1.54) is 17.6 Å². The fourth-order valence-electron chi connectivity index (χ4n) is 1.33. The molecular formula is C12H22. The Kier molecular flexibility index (Phi) is 4.96. The van der Waals surface area contributed by atoms with Gasteiger partial charge in [0, 0.05) is 0 Å². The minimum atomic E-state index is 0.573. The normalized spacial score (nSPS) is 15.3. The van der Waals surface area contributed by atoms with E-state index in [4.69, 9.17) is 0 Å². The first-order chi connectivity index (χ1) is 5.50. The Bertz CT molecular complexity index is 165. The van der Waals surface area contributed by atoms with Crippen LogP contribution >= 0.6 is 0 Å². The molecule has 0 bridgehead atoms. The van der Waals surface area contributed by atoms with Gasteiger partial charge in [0.2, 0.25) is 0 Å². The highest BCUT2D eigenvalue weighted by Crippen LogP contribution is 2.26. The zero-order valence-corrected chi connectivity index (χ0v) is 8.98. The molecule has 0 saturated carbocycles. The zero-order chi connectivity index (χ0) is 9.72. The lowest BCUT2D eigenvalue weighted by molar-refractivity contribution is 0.490. The van der Waals surface area contributed by atoms with Crippen molar-refractivity contribution in [2.45, 2.75) is 40.5 Å². The van der Waals surface area contributed by atoms with Gasteiger partial charge in [-0.3, -0.25) is 0 Å². The number of allylic oxidation sites excluding steroid dienone is 2. The van der Waals surface area contributed by atoms with Crippen molar-refractivity contribution in [2.24, 2.45) is 11.8 Å².